The van der Waals surface area contributed by atoms with E-state index in [0.717, 1.165) is 11.4 Å². The van der Waals surface area contributed by atoms with Gasteiger partial charge < -0.3 is 10.1 Å². The van der Waals surface area contributed by atoms with Gasteiger partial charge in [-0.15, -0.1) is 0 Å². The predicted molar refractivity (Wildman–Crippen MR) is 91.0 cm³/mol. The first-order valence-electron chi connectivity index (χ1n) is 6.94. The molecule has 0 aromatic heterocycles. The van der Waals surface area contributed by atoms with Crippen LogP contribution in [0.1, 0.15) is 20.8 Å². The van der Waals surface area contributed by atoms with Crippen molar-refractivity contribution in [3.8, 4) is 0 Å². The van der Waals surface area contributed by atoms with Gasteiger partial charge in [-0.25, -0.2) is 4.79 Å². The summed E-state index contributed by atoms with van der Waals surface area (Å²) >= 11 is 5.94. The zero-order valence-corrected chi connectivity index (χ0v) is 13.6. The molecule has 0 heterocycles. The average Bonchev–Trinajstić information content (AvgIpc) is 2.39. The summed E-state index contributed by atoms with van der Waals surface area (Å²) in [7, 11) is 0. The Balaban J connectivity index is 1.97. The maximum atomic E-state index is 11.7. The minimum absolute atomic E-state index is 0.469. The Morgan fingerprint density at radius 3 is 2.23 bits per heavy atom. The molecular weight excluding hydrogens is 300 g/mol. The lowest BCUT2D eigenvalue weighted by atomic mass is 10.2. The molecule has 0 saturated heterocycles. The number of ether oxygens (including phenoxy) is 1. The first-order chi connectivity index (χ1) is 10.3. The van der Waals surface area contributed by atoms with Crippen molar-refractivity contribution in [2.75, 3.05) is 10.6 Å². The van der Waals surface area contributed by atoms with Crippen LogP contribution in [-0.2, 0) is 4.74 Å². The molecule has 1 amide bonds. The number of anilines is 3. The maximum Gasteiger partial charge on any atom is 0.412 e. The van der Waals surface area contributed by atoms with Crippen molar-refractivity contribution in [3.05, 3.63) is 53.6 Å². The normalized spacial score (nSPS) is 10.9. The minimum atomic E-state index is -0.516. The number of hydrogen-bond acceptors (Lipinski definition) is 3. The topological polar surface area (TPSA) is 50.4 Å². The summed E-state index contributed by atoms with van der Waals surface area (Å²) in [4.78, 5) is 11.7. The van der Waals surface area contributed by atoms with E-state index in [1.165, 1.54) is 0 Å². The molecule has 0 spiro atoms. The van der Waals surface area contributed by atoms with Crippen LogP contribution in [0.3, 0.4) is 0 Å². The zero-order valence-electron chi connectivity index (χ0n) is 12.8. The summed E-state index contributed by atoms with van der Waals surface area (Å²) in [6.07, 6.45) is -0.469. The number of benzene rings is 2. The Hall–Kier alpha value is -2.20. The van der Waals surface area contributed by atoms with Crippen LogP contribution in [-0.4, -0.2) is 11.7 Å². The Bertz CT molecular complexity index is 648. The average molecular weight is 319 g/mol. The van der Waals surface area contributed by atoms with Crippen molar-refractivity contribution in [2.24, 2.45) is 0 Å². The van der Waals surface area contributed by atoms with Crippen LogP contribution in [0.5, 0.6) is 0 Å². The van der Waals surface area contributed by atoms with Gasteiger partial charge in [-0.05, 0) is 63.2 Å². The van der Waals surface area contributed by atoms with Gasteiger partial charge in [0, 0.05) is 22.1 Å². The van der Waals surface area contributed by atoms with Gasteiger partial charge in [-0.1, -0.05) is 17.7 Å². The number of carbonyl (C=O) groups is 1. The molecule has 5 heteroatoms. The molecule has 116 valence electrons. The van der Waals surface area contributed by atoms with E-state index in [0.29, 0.717) is 10.7 Å². The SMILES string of the molecule is CC(C)(C)OC(=O)Nc1ccc(Nc2cccc(Cl)c2)cc1. The largest absolute Gasteiger partial charge is 0.444 e. The molecule has 0 fully saturated rings. The molecule has 0 radical (unpaired) electrons. The van der Waals surface area contributed by atoms with E-state index in [2.05, 4.69) is 10.6 Å². The van der Waals surface area contributed by atoms with E-state index in [1.54, 1.807) is 12.1 Å². The van der Waals surface area contributed by atoms with Crippen molar-refractivity contribution in [1.82, 2.24) is 0 Å². The summed E-state index contributed by atoms with van der Waals surface area (Å²) < 4.78 is 5.20. The van der Waals surface area contributed by atoms with E-state index in [1.807, 2.05) is 57.2 Å². The van der Waals surface area contributed by atoms with Crippen molar-refractivity contribution in [3.63, 3.8) is 0 Å². The fourth-order valence-corrected chi connectivity index (χ4v) is 1.98. The third-order valence-corrected chi connectivity index (χ3v) is 2.88. The number of halogens is 1. The molecule has 4 nitrogen and oxygen atoms in total. The number of amides is 1. The second-order valence-electron chi connectivity index (χ2n) is 5.84. The Morgan fingerprint density at radius 1 is 1.00 bits per heavy atom. The van der Waals surface area contributed by atoms with Gasteiger partial charge in [0.2, 0.25) is 0 Å². The van der Waals surface area contributed by atoms with Gasteiger partial charge >= 0.3 is 6.09 Å². The van der Waals surface area contributed by atoms with Crippen molar-refractivity contribution >= 4 is 34.8 Å². The van der Waals surface area contributed by atoms with Crippen LogP contribution in [0.4, 0.5) is 21.9 Å². The van der Waals surface area contributed by atoms with Gasteiger partial charge in [0.05, 0.1) is 0 Å². The summed E-state index contributed by atoms with van der Waals surface area (Å²) in [6, 6.07) is 14.8. The van der Waals surface area contributed by atoms with E-state index in [9.17, 15) is 4.79 Å². The summed E-state index contributed by atoms with van der Waals surface area (Å²) in [5.41, 5.74) is 1.96. The second kappa shape index (κ2) is 6.71. The Labute approximate surface area is 135 Å². The van der Waals surface area contributed by atoms with Crippen LogP contribution in [0.2, 0.25) is 5.02 Å². The molecular formula is C17H19ClN2O2. The Morgan fingerprint density at radius 2 is 1.64 bits per heavy atom. The highest BCUT2D eigenvalue weighted by Gasteiger charge is 2.15. The van der Waals surface area contributed by atoms with Gasteiger partial charge in [0.25, 0.3) is 0 Å². The molecule has 2 rings (SSSR count). The van der Waals surface area contributed by atoms with Gasteiger partial charge in [-0.3, -0.25) is 5.32 Å². The predicted octanol–water partition coefficient (Wildman–Crippen LogP) is 5.43. The maximum absolute atomic E-state index is 11.7. The fraction of sp³-hybridized carbons (Fsp3) is 0.235. The molecule has 0 aliphatic heterocycles. The molecule has 0 unspecified atom stereocenters. The number of hydrogen-bond donors (Lipinski definition) is 2. The van der Waals surface area contributed by atoms with E-state index < -0.39 is 11.7 Å². The lowest BCUT2D eigenvalue weighted by molar-refractivity contribution is 0.0636. The fourth-order valence-electron chi connectivity index (χ4n) is 1.79. The van der Waals surface area contributed by atoms with Crippen molar-refractivity contribution in [2.45, 2.75) is 26.4 Å². The smallest absolute Gasteiger partial charge is 0.412 e. The van der Waals surface area contributed by atoms with Gasteiger partial charge in [0.15, 0.2) is 0 Å². The van der Waals surface area contributed by atoms with E-state index >= 15 is 0 Å². The highest BCUT2D eigenvalue weighted by Crippen LogP contribution is 2.21. The van der Waals surface area contributed by atoms with Crippen LogP contribution >= 0.6 is 11.6 Å². The first kappa shape index (κ1) is 16.2. The highest BCUT2D eigenvalue weighted by atomic mass is 35.5. The molecule has 0 atom stereocenters. The number of rotatable bonds is 3. The molecule has 22 heavy (non-hydrogen) atoms. The molecule has 2 aromatic rings. The Kier molecular flexibility index (Phi) is 4.93. The lowest BCUT2D eigenvalue weighted by Crippen LogP contribution is -2.27. The highest BCUT2D eigenvalue weighted by molar-refractivity contribution is 6.30. The molecule has 0 saturated carbocycles. The summed E-state index contributed by atoms with van der Waals surface area (Å²) in [5.74, 6) is 0. The standard InChI is InChI=1S/C17H19ClN2O2/c1-17(2,3)22-16(21)20-14-9-7-13(8-10-14)19-15-6-4-5-12(18)11-15/h4-11,19H,1-3H3,(H,20,21). The van der Waals surface area contributed by atoms with Crippen molar-refractivity contribution < 1.29 is 9.53 Å². The van der Waals surface area contributed by atoms with Crippen LogP contribution in [0, 0.1) is 0 Å². The zero-order chi connectivity index (χ0) is 16.2. The van der Waals surface area contributed by atoms with Crippen LogP contribution in [0.25, 0.3) is 0 Å². The third kappa shape index (κ3) is 5.30. The molecule has 2 N–H and O–H groups in total. The van der Waals surface area contributed by atoms with Gasteiger partial charge in [0.1, 0.15) is 5.60 Å². The van der Waals surface area contributed by atoms with Crippen molar-refractivity contribution in [1.29, 1.82) is 0 Å². The lowest BCUT2D eigenvalue weighted by Gasteiger charge is -2.19. The van der Waals surface area contributed by atoms with E-state index in [-0.39, 0.29) is 0 Å². The second-order valence-corrected chi connectivity index (χ2v) is 6.28. The number of nitrogens with one attached hydrogen (secondary N) is 2. The molecule has 0 aliphatic rings. The summed E-state index contributed by atoms with van der Waals surface area (Å²) in [5, 5.41) is 6.60. The molecule has 0 bridgehead atoms. The van der Waals surface area contributed by atoms with Crippen LogP contribution in [0.15, 0.2) is 48.5 Å². The molecule has 2 aromatic carbocycles. The number of carbonyl (C=O) groups excluding carboxylic acids is 1. The van der Waals surface area contributed by atoms with Gasteiger partial charge in [-0.2, -0.15) is 0 Å². The quantitative estimate of drug-likeness (QED) is 0.793. The first-order valence-corrected chi connectivity index (χ1v) is 7.32. The van der Waals surface area contributed by atoms with E-state index in [4.69, 9.17) is 16.3 Å². The van der Waals surface area contributed by atoms with Crippen LogP contribution < -0.4 is 10.6 Å². The minimum Gasteiger partial charge on any atom is -0.444 e. The monoisotopic (exact) mass is 318 g/mol. The summed E-state index contributed by atoms with van der Waals surface area (Å²) in [6.45, 7) is 5.47. The third-order valence-electron chi connectivity index (χ3n) is 2.64. The molecule has 0 aliphatic carbocycles.